The molecule has 2 aromatic heterocycles. The van der Waals surface area contributed by atoms with Crippen LogP contribution in [0.25, 0.3) is 44.5 Å². The van der Waals surface area contributed by atoms with Crippen LogP contribution in [0.15, 0.2) is 60.8 Å². The van der Waals surface area contributed by atoms with Gasteiger partial charge in [0, 0.05) is 29.3 Å². The molecule has 2 aliphatic heterocycles. The number of nitrogens with one attached hydrogen (secondary N) is 4. The highest BCUT2D eigenvalue weighted by Crippen LogP contribution is 2.53. The van der Waals surface area contributed by atoms with Gasteiger partial charge >= 0.3 is 12.2 Å². The molecule has 4 aliphatic rings. The summed E-state index contributed by atoms with van der Waals surface area (Å²) in [5.41, 5.74) is 4.26. The van der Waals surface area contributed by atoms with Gasteiger partial charge in [-0.1, -0.05) is 58.0 Å². The molecule has 4 amide bonds. The number of nitrogens with zero attached hydrogens (tertiary/aromatic N) is 5. The average molecular weight is 888 g/mol. The Labute approximate surface area is 374 Å². The number of rotatable bonds is 10. The molecule has 9 rings (SSSR count). The Kier molecular flexibility index (Phi) is 11.1. The minimum Gasteiger partial charge on any atom is -0.453 e. The lowest BCUT2D eigenvalue weighted by atomic mass is 9.95. The van der Waals surface area contributed by atoms with Crippen LogP contribution in [0.5, 0.6) is 0 Å². The molecular weight excluding hydrogens is 837 g/mol. The number of likely N-dealkylation sites (tertiary alicyclic amines) is 2. The van der Waals surface area contributed by atoms with Crippen LogP contribution in [0.4, 0.5) is 18.4 Å². The Morgan fingerprint density at radius 2 is 1.43 bits per heavy atom. The molecule has 2 saturated heterocycles. The highest BCUT2D eigenvalue weighted by Gasteiger charge is 2.52. The second-order valence-electron chi connectivity index (χ2n) is 18.3. The molecule has 15 nitrogen and oxygen atoms in total. The SMILES string of the molecule is COC(=O)NC(C(=O)N1CC(C#N)CC1c1ncc(-c2ccc3c(c2)C(F)(F)c2cc(-c4ccc5nc(C6C7CCC(C7)N6C(=O)C(NC(=O)OC)C(C)C)[nH]c5c4)ccc2-3)[nH]1)C(C)C. The lowest BCUT2D eigenvalue weighted by Crippen LogP contribution is -2.54. The third kappa shape index (κ3) is 7.51. The second-order valence-corrected chi connectivity index (χ2v) is 18.3. The van der Waals surface area contributed by atoms with Gasteiger partial charge < -0.3 is 39.9 Å². The van der Waals surface area contributed by atoms with Crippen molar-refractivity contribution in [2.45, 2.75) is 89.5 Å². The molecule has 65 heavy (non-hydrogen) atoms. The summed E-state index contributed by atoms with van der Waals surface area (Å²) in [4.78, 5) is 71.8. The Hall–Kier alpha value is -6.83. The van der Waals surface area contributed by atoms with E-state index in [-0.39, 0.29) is 59.3 Å². The number of hydrogen-bond acceptors (Lipinski definition) is 9. The van der Waals surface area contributed by atoms with E-state index in [1.807, 2.05) is 43.0 Å². The van der Waals surface area contributed by atoms with Crippen LogP contribution in [0.2, 0.25) is 0 Å². The zero-order valence-electron chi connectivity index (χ0n) is 36.9. The molecule has 7 unspecified atom stereocenters. The van der Waals surface area contributed by atoms with Crippen molar-refractivity contribution in [3.63, 3.8) is 0 Å². The van der Waals surface area contributed by atoms with Crippen molar-refractivity contribution in [3.05, 3.63) is 83.6 Å². The summed E-state index contributed by atoms with van der Waals surface area (Å²) in [6, 6.07) is 15.3. The third-order valence-corrected chi connectivity index (χ3v) is 13.7. The molecule has 2 aliphatic carbocycles. The number of carbonyl (C=O) groups is 4. The van der Waals surface area contributed by atoms with Crippen molar-refractivity contribution < 1.29 is 37.4 Å². The van der Waals surface area contributed by atoms with Crippen LogP contribution in [-0.4, -0.2) is 92.6 Å². The molecule has 7 atom stereocenters. The number of nitriles is 1. The monoisotopic (exact) mass is 887 g/mol. The summed E-state index contributed by atoms with van der Waals surface area (Å²) in [5.74, 6) is -3.52. The minimum atomic E-state index is -3.33. The molecule has 17 heteroatoms. The van der Waals surface area contributed by atoms with Crippen molar-refractivity contribution in [2.24, 2.45) is 23.7 Å². The number of alkyl halides is 2. The fourth-order valence-electron chi connectivity index (χ4n) is 10.4. The second kappa shape index (κ2) is 16.6. The number of carbonyl (C=O) groups excluding carboxylic acids is 4. The summed E-state index contributed by atoms with van der Waals surface area (Å²) >= 11 is 0. The molecular formula is C48H51F2N9O6. The molecule has 3 aromatic carbocycles. The number of benzene rings is 3. The molecule has 1 saturated carbocycles. The van der Waals surface area contributed by atoms with Crippen LogP contribution in [0.1, 0.15) is 88.2 Å². The maximum atomic E-state index is 16.6. The molecule has 4 N–H and O–H groups in total. The lowest BCUT2D eigenvalue weighted by Gasteiger charge is -2.37. The standard InChI is InChI=1S/C48H51F2N9O6/c1-23(2)39(56-46(62)64-5)44(60)58-22-25(20-51)15-38(58)42-52-21-37(55-42)28-9-13-32-31-12-8-26(17-33(31)48(49,50)34(32)18-28)27-10-14-35-36(19-27)54-43(53-35)41-29-7-11-30(16-29)59(41)45(61)40(24(3)4)57-47(63)65-6/h8-10,12-14,17-19,21,23-25,29-30,38-41H,7,11,15-16,22H2,1-6H3,(H,52,55)(H,53,54)(H,56,62)(H,57,63). The van der Waals surface area contributed by atoms with Crippen molar-refractivity contribution in [1.29, 1.82) is 5.26 Å². The molecule has 338 valence electrons. The number of methoxy groups -OCH3 is 2. The number of aromatic nitrogens is 4. The van der Waals surface area contributed by atoms with Crippen molar-refractivity contribution in [2.75, 3.05) is 20.8 Å². The Morgan fingerprint density at radius 3 is 2.08 bits per heavy atom. The van der Waals surface area contributed by atoms with Gasteiger partial charge in [0.25, 0.3) is 5.92 Å². The van der Waals surface area contributed by atoms with E-state index in [0.717, 1.165) is 24.8 Å². The van der Waals surface area contributed by atoms with Crippen LogP contribution >= 0.6 is 0 Å². The van der Waals surface area contributed by atoms with Crippen molar-refractivity contribution >= 4 is 35.0 Å². The topological polar surface area (TPSA) is 198 Å². The molecule has 4 heterocycles. The normalized spacial score (nSPS) is 22.4. The van der Waals surface area contributed by atoms with Gasteiger partial charge in [0.15, 0.2) is 0 Å². The van der Waals surface area contributed by atoms with Gasteiger partial charge in [-0.25, -0.2) is 19.6 Å². The van der Waals surface area contributed by atoms with Gasteiger partial charge in [0.2, 0.25) is 11.8 Å². The van der Waals surface area contributed by atoms with Gasteiger partial charge in [-0.15, -0.1) is 0 Å². The predicted octanol–water partition coefficient (Wildman–Crippen LogP) is 7.97. The number of imidazole rings is 2. The molecule has 0 spiro atoms. The number of alkyl carbamates (subject to hydrolysis) is 2. The first-order valence-electron chi connectivity index (χ1n) is 22.1. The van der Waals surface area contributed by atoms with Crippen molar-refractivity contribution in [1.82, 2.24) is 40.4 Å². The van der Waals surface area contributed by atoms with E-state index < -0.39 is 42.2 Å². The van der Waals surface area contributed by atoms with E-state index in [1.54, 1.807) is 38.2 Å². The fourth-order valence-corrected chi connectivity index (χ4v) is 10.4. The predicted molar refractivity (Wildman–Crippen MR) is 235 cm³/mol. The minimum absolute atomic E-state index is 0.0347. The molecule has 2 bridgehead atoms. The van der Waals surface area contributed by atoms with E-state index in [9.17, 15) is 24.4 Å². The lowest BCUT2D eigenvalue weighted by molar-refractivity contribution is -0.139. The van der Waals surface area contributed by atoms with E-state index >= 15 is 8.78 Å². The maximum Gasteiger partial charge on any atom is 0.407 e. The zero-order valence-corrected chi connectivity index (χ0v) is 36.9. The maximum absolute atomic E-state index is 16.6. The first-order chi connectivity index (χ1) is 31.1. The summed E-state index contributed by atoms with van der Waals surface area (Å²) in [6.45, 7) is 7.51. The van der Waals surface area contributed by atoms with Gasteiger partial charge in [-0.05, 0) is 90.0 Å². The van der Waals surface area contributed by atoms with Crippen LogP contribution in [0.3, 0.4) is 0 Å². The summed E-state index contributed by atoms with van der Waals surface area (Å²) in [7, 11) is 2.49. The Balaban J connectivity index is 0.961. The number of piperidine rings is 1. The quantitative estimate of drug-likeness (QED) is 0.107. The number of ether oxygens (including phenoxy) is 2. The number of halogens is 2. The molecule has 5 aromatic rings. The molecule has 0 radical (unpaired) electrons. The van der Waals surface area contributed by atoms with Gasteiger partial charge in [0.05, 0.1) is 61.2 Å². The third-order valence-electron chi connectivity index (χ3n) is 13.7. The van der Waals surface area contributed by atoms with Crippen molar-refractivity contribution in [3.8, 4) is 39.6 Å². The van der Waals surface area contributed by atoms with E-state index in [4.69, 9.17) is 14.5 Å². The Morgan fingerprint density at radius 1 is 0.815 bits per heavy atom. The molecule has 3 fully saturated rings. The first-order valence-corrected chi connectivity index (χ1v) is 22.1. The van der Waals surface area contributed by atoms with E-state index in [1.165, 1.54) is 31.3 Å². The van der Waals surface area contributed by atoms with Crippen LogP contribution in [-0.2, 0) is 25.0 Å². The van der Waals surface area contributed by atoms with Gasteiger partial charge in [-0.3, -0.25) is 9.59 Å². The highest BCUT2D eigenvalue weighted by atomic mass is 19.3. The Bertz CT molecular complexity index is 2760. The summed E-state index contributed by atoms with van der Waals surface area (Å²) in [6.07, 6.45) is 3.13. The van der Waals surface area contributed by atoms with Crippen LogP contribution < -0.4 is 10.6 Å². The summed E-state index contributed by atoms with van der Waals surface area (Å²) < 4.78 is 42.8. The highest BCUT2D eigenvalue weighted by molar-refractivity contribution is 5.89. The zero-order chi connectivity index (χ0) is 46.1. The fraction of sp³-hybridized carbons (Fsp3) is 0.438. The smallest absolute Gasteiger partial charge is 0.407 e. The van der Waals surface area contributed by atoms with Crippen LogP contribution in [0, 0.1) is 35.0 Å². The number of hydrogen-bond donors (Lipinski definition) is 4. The van der Waals surface area contributed by atoms with E-state index in [2.05, 4.69) is 31.7 Å². The van der Waals surface area contributed by atoms with Gasteiger partial charge in [-0.2, -0.15) is 14.0 Å². The summed E-state index contributed by atoms with van der Waals surface area (Å²) in [5, 5.41) is 15.1. The average Bonchev–Trinajstić information content (AvgIpc) is 4.17. The number of aromatic amines is 2. The first kappa shape index (κ1) is 43.4. The largest absolute Gasteiger partial charge is 0.453 e. The van der Waals surface area contributed by atoms with Gasteiger partial charge in [0.1, 0.15) is 23.7 Å². The van der Waals surface area contributed by atoms with E-state index in [0.29, 0.717) is 57.1 Å². The number of amides is 4. The number of H-pyrrole nitrogens is 2. The number of fused-ring (bicyclic) bond motifs is 6.